The first kappa shape index (κ1) is 24.1. The molecule has 0 bridgehead atoms. The summed E-state index contributed by atoms with van der Waals surface area (Å²) >= 11 is 4.91. The maximum absolute atomic E-state index is 13.2. The number of hydrogen-bond donors (Lipinski definition) is 2. The first-order chi connectivity index (χ1) is 17.4. The van der Waals surface area contributed by atoms with Crippen molar-refractivity contribution in [1.29, 1.82) is 0 Å². The Balaban J connectivity index is 1.37. The Morgan fingerprint density at radius 2 is 2.17 bits per heavy atom. The summed E-state index contributed by atoms with van der Waals surface area (Å²) in [7, 11) is 0. The summed E-state index contributed by atoms with van der Waals surface area (Å²) in [5.41, 5.74) is 2.13. The van der Waals surface area contributed by atoms with Crippen molar-refractivity contribution < 1.29 is 28.3 Å². The van der Waals surface area contributed by atoms with Crippen molar-refractivity contribution in [2.75, 3.05) is 18.5 Å². The number of nitrogens with zero attached hydrogens (tertiary/aromatic N) is 1. The van der Waals surface area contributed by atoms with Crippen LogP contribution in [0.4, 0.5) is 9.80 Å². The van der Waals surface area contributed by atoms with E-state index in [4.69, 9.17) is 13.9 Å². The van der Waals surface area contributed by atoms with E-state index in [9.17, 15) is 14.4 Å². The molecule has 3 aromatic rings. The lowest BCUT2D eigenvalue weighted by molar-refractivity contribution is -0.128. The summed E-state index contributed by atoms with van der Waals surface area (Å²) in [6.45, 7) is 2.97. The Labute approximate surface area is 219 Å². The van der Waals surface area contributed by atoms with Gasteiger partial charge < -0.3 is 29.4 Å². The Hall–Kier alpha value is -3.57. The minimum atomic E-state index is -0.624. The number of ether oxygens (including phenoxy) is 2. The van der Waals surface area contributed by atoms with Crippen LogP contribution >= 0.6 is 27.3 Å². The van der Waals surface area contributed by atoms with Crippen molar-refractivity contribution in [2.45, 2.75) is 26.1 Å². The lowest BCUT2D eigenvalue weighted by Crippen LogP contribution is -2.39. The summed E-state index contributed by atoms with van der Waals surface area (Å²) in [5.74, 6) is 0.0394. The topological polar surface area (TPSA) is 110 Å². The van der Waals surface area contributed by atoms with Gasteiger partial charge in [0.2, 0.25) is 0 Å². The molecule has 186 valence electrons. The Kier molecular flexibility index (Phi) is 6.84. The van der Waals surface area contributed by atoms with Gasteiger partial charge in [-0.2, -0.15) is 0 Å². The minimum absolute atomic E-state index is 0.217. The molecule has 11 heteroatoms. The molecule has 9 nitrogen and oxygen atoms in total. The molecule has 1 aromatic carbocycles. The SMILES string of the molecule is CCOC(=O)N1CCc2c(sc3c2C(=O)N[C@@H](c2cc(Br)ccc2OC(=O)/C=C/c2ccco2)N3)C1. The zero-order valence-electron chi connectivity index (χ0n) is 19.2. The van der Waals surface area contributed by atoms with E-state index in [0.29, 0.717) is 48.8 Å². The van der Waals surface area contributed by atoms with Gasteiger partial charge in [-0.3, -0.25) is 4.79 Å². The van der Waals surface area contributed by atoms with Crippen LogP contribution in [0, 0.1) is 0 Å². The molecule has 2 N–H and O–H groups in total. The normalized spacial score (nSPS) is 16.7. The van der Waals surface area contributed by atoms with Gasteiger partial charge in [-0.1, -0.05) is 15.9 Å². The minimum Gasteiger partial charge on any atom is -0.465 e. The quantitative estimate of drug-likeness (QED) is 0.249. The maximum atomic E-state index is 13.2. The van der Waals surface area contributed by atoms with Crippen LogP contribution < -0.4 is 15.4 Å². The second-order valence-electron chi connectivity index (χ2n) is 8.08. The standard InChI is InChI=1S/C25H22BrN3O6S/c1-2-33-25(32)29-10-9-16-19(13-29)36-24-21(16)23(31)27-22(28-24)17-12-14(26)5-7-18(17)35-20(30)8-6-15-4-3-11-34-15/h3-8,11-12,22,28H,2,9-10,13H2,1H3,(H,27,31)/b8-6+/t22-/m1/s1. The molecule has 0 radical (unpaired) electrons. The number of thiophene rings is 1. The van der Waals surface area contributed by atoms with E-state index in [2.05, 4.69) is 26.6 Å². The highest BCUT2D eigenvalue weighted by molar-refractivity contribution is 9.10. The van der Waals surface area contributed by atoms with E-state index in [0.717, 1.165) is 19.9 Å². The van der Waals surface area contributed by atoms with Crippen molar-refractivity contribution in [2.24, 2.45) is 0 Å². The highest BCUT2D eigenvalue weighted by Gasteiger charge is 2.35. The molecular weight excluding hydrogens is 550 g/mol. The smallest absolute Gasteiger partial charge is 0.410 e. The van der Waals surface area contributed by atoms with Crippen LogP contribution in [0.5, 0.6) is 5.75 Å². The number of hydrogen-bond acceptors (Lipinski definition) is 8. The molecule has 2 amide bonds. The number of anilines is 1. The Bertz CT molecular complexity index is 1350. The number of carbonyl (C=O) groups is 3. The lowest BCUT2D eigenvalue weighted by atomic mass is 10.0. The number of rotatable bonds is 5. The molecule has 4 heterocycles. The van der Waals surface area contributed by atoms with Crippen LogP contribution in [-0.2, 0) is 22.5 Å². The first-order valence-corrected chi connectivity index (χ1v) is 12.9. The fraction of sp³-hybridized carbons (Fsp3) is 0.240. The highest BCUT2D eigenvalue weighted by Crippen LogP contribution is 2.42. The van der Waals surface area contributed by atoms with Crippen molar-refractivity contribution in [3.8, 4) is 5.75 Å². The number of benzene rings is 1. The van der Waals surface area contributed by atoms with E-state index in [1.54, 1.807) is 42.2 Å². The molecule has 0 spiro atoms. The lowest BCUT2D eigenvalue weighted by Gasteiger charge is -2.29. The van der Waals surface area contributed by atoms with Gasteiger partial charge in [0.25, 0.3) is 5.91 Å². The average molecular weight is 572 g/mol. The van der Waals surface area contributed by atoms with Gasteiger partial charge in [0.05, 0.1) is 25.0 Å². The molecule has 0 unspecified atom stereocenters. The van der Waals surface area contributed by atoms with Crippen molar-refractivity contribution in [1.82, 2.24) is 10.2 Å². The van der Waals surface area contributed by atoms with Crippen molar-refractivity contribution in [3.05, 3.63) is 74.5 Å². The Morgan fingerprint density at radius 3 is 2.94 bits per heavy atom. The van der Waals surface area contributed by atoms with Gasteiger partial charge >= 0.3 is 12.1 Å². The second-order valence-corrected chi connectivity index (χ2v) is 10.1. The van der Waals surface area contributed by atoms with Crippen LogP contribution in [0.2, 0.25) is 0 Å². The molecule has 0 aliphatic carbocycles. The number of carbonyl (C=O) groups excluding carboxylic acids is 3. The summed E-state index contributed by atoms with van der Waals surface area (Å²) in [6.07, 6.45) is 3.90. The first-order valence-electron chi connectivity index (χ1n) is 11.3. The third kappa shape index (κ3) is 4.89. The predicted molar refractivity (Wildman–Crippen MR) is 137 cm³/mol. The molecule has 0 saturated carbocycles. The van der Waals surface area contributed by atoms with Crippen molar-refractivity contribution >= 4 is 56.3 Å². The fourth-order valence-electron chi connectivity index (χ4n) is 4.16. The zero-order chi connectivity index (χ0) is 25.2. The molecule has 36 heavy (non-hydrogen) atoms. The van der Waals surface area contributed by atoms with E-state index in [1.165, 1.54) is 29.8 Å². The van der Waals surface area contributed by atoms with Gasteiger partial charge in [-0.25, -0.2) is 9.59 Å². The molecular formula is C25H22BrN3O6S. The maximum Gasteiger partial charge on any atom is 0.410 e. The van der Waals surface area contributed by atoms with E-state index in [-0.39, 0.29) is 12.0 Å². The molecule has 0 fully saturated rings. The Morgan fingerprint density at radius 1 is 1.31 bits per heavy atom. The fourth-order valence-corrected chi connectivity index (χ4v) is 5.83. The van der Waals surface area contributed by atoms with E-state index < -0.39 is 12.1 Å². The van der Waals surface area contributed by atoms with Gasteiger partial charge in [0.1, 0.15) is 22.7 Å². The molecule has 0 saturated heterocycles. The molecule has 5 rings (SSSR count). The third-order valence-corrected chi connectivity index (χ3v) is 7.42. The molecule has 1 atom stereocenters. The number of esters is 1. The van der Waals surface area contributed by atoms with E-state index >= 15 is 0 Å². The third-order valence-electron chi connectivity index (χ3n) is 5.78. The van der Waals surface area contributed by atoms with Gasteiger partial charge in [0, 0.05) is 27.5 Å². The number of amides is 2. The van der Waals surface area contributed by atoms with Crippen LogP contribution in [0.15, 0.2) is 51.6 Å². The number of nitrogens with one attached hydrogen (secondary N) is 2. The van der Waals surface area contributed by atoms with Crippen LogP contribution in [0.3, 0.4) is 0 Å². The van der Waals surface area contributed by atoms with Gasteiger partial charge in [-0.15, -0.1) is 11.3 Å². The monoisotopic (exact) mass is 571 g/mol. The van der Waals surface area contributed by atoms with Crippen molar-refractivity contribution in [3.63, 3.8) is 0 Å². The van der Waals surface area contributed by atoms with E-state index in [1.807, 2.05) is 0 Å². The van der Waals surface area contributed by atoms with Crippen LogP contribution in [0.25, 0.3) is 6.08 Å². The number of fused-ring (bicyclic) bond motifs is 3. The van der Waals surface area contributed by atoms with Crippen LogP contribution in [-0.4, -0.2) is 36.0 Å². The van der Waals surface area contributed by atoms with Gasteiger partial charge in [-0.05, 0) is 55.3 Å². The largest absolute Gasteiger partial charge is 0.465 e. The average Bonchev–Trinajstić information content (AvgIpc) is 3.51. The van der Waals surface area contributed by atoms with Crippen LogP contribution in [0.1, 0.15) is 45.2 Å². The summed E-state index contributed by atoms with van der Waals surface area (Å²) in [6, 6.07) is 8.66. The predicted octanol–water partition coefficient (Wildman–Crippen LogP) is 5.09. The highest BCUT2D eigenvalue weighted by atomic mass is 79.9. The second kappa shape index (κ2) is 10.2. The van der Waals surface area contributed by atoms with Gasteiger partial charge in [0.15, 0.2) is 0 Å². The molecule has 2 aromatic heterocycles. The summed E-state index contributed by atoms with van der Waals surface area (Å²) in [5, 5.41) is 7.07. The zero-order valence-corrected chi connectivity index (χ0v) is 21.6. The summed E-state index contributed by atoms with van der Waals surface area (Å²) < 4.78 is 16.7. The molecule has 2 aliphatic heterocycles. The molecule has 2 aliphatic rings. The number of furan rings is 1. The summed E-state index contributed by atoms with van der Waals surface area (Å²) in [4.78, 5) is 40.4. The number of halogens is 1.